The summed E-state index contributed by atoms with van der Waals surface area (Å²) in [4.78, 5) is 25.7. The van der Waals surface area contributed by atoms with Crippen LogP contribution in [-0.4, -0.2) is 89.5 Å². The zero-order chi connectivity index (χ0) is 28.4. The molecule has 0 aromatic heterocycles. The summed E-state index contributed by atoms with van der Waals surface area (Å²) in [5.74, 6) is 0. The Balaban J connectivity index is 1.65. The number of carbonyl (C=O) groups excluding carboxylic acids is 2. The molecule has 4 N–H and O–H groups in total. The van der Waals surface area contributed by atoms with Crippen LogP contribution in [0.15, 0.2) is 60.7 Å². The van der Waals surface area contributed by atoms with Crippen LogP contribution in [0.25, 0.3) is 0 Å². The second-order valence-electron chi connectivity index (χ2n) is 10.9. The summed E-state index contributed by atoms with van der Waals surface area (Å²) < 4.78 is 10.6. The Kier molecular flexibility index (Phi) is 11.1. The third-order valence-electron chi connectivity index (χ3n) is 6.49. The second kappa shape index (κ2) is 14.3. The summed E-state index contributed by atoms with van der Waals surface area (Å²) in [7, 11) is 0. The maximum Gasteiger partial charge on any atom is 0.407 e. The monoisotopic (exact) mass is 542 g/mol. The highest BCUT2D eigenvalue weighted by Crippen LogP contribution is 2.20. The van der Waals surface area contributed by atoms with Gasteiger partial charge in [-0.05, 0) is 44.7 Å². The van der Waals surface area contributed by atoms with Gasteiger partial charge in [0, 0.05) is 13.1 Å². The SMILES string of the molecule is CC(C)(C)OC(=O)N[C@@H](Cc1ccccc1)[C@H](O)CNC[C@@H](O)[C@H](Cc1ccccc1)N(C(=O)[O-])C1COC1. The van der Waals surface area contributed by atoms with Crippen LogP contribution in [-0.2, 0) is 22.3 Å². The van der Waals surface area contributed by atoms with Crippen molar-refractivity contribution in [3.05, 3.63) is 71.8 Å². The van der Waals surface area contributed by atoms with E-state index in [4.69, 9.17) is 9.47 Å². The second-order valence-corrected chi connectivity index (χ2v) is 10.9. The highest BCUT2D eigenvalue weighted by molar-refractivity contribution is 5.68. The number of carboxylic acid groups (broad SMARTS) is 1. The molecule has 2 aromatic carbocycles. The number of ether oxygens (including phenoxy) is 2. The van der Waals surface area contributed by atoms with Crippen LogP contribution in [0.3, 0.4) is 0 Å². The molecule has 1 aliphatic heterocycles. The van der Waals surface area contributed by atoms with E-state index in [1.54, 1.807) is 20.8 Å². The van der Waals surface area contributed by atoms with Crippen LogP contribution in [0.1, 0.15) is 31.9 Å². The molecular formula is C29H40N3O7-. The quantitative estimate of drug-likeness (QED) is 0.295. The molecular weight excluding hydrogens is 502 g/mol. The Morgan fingerprint density at radius 3 is 2.00 bits per heavy atom. The molecule has 0 aliphatic carbocycles. The molecule has 1 fully saturated rings. The summed E-state index contributed by atoms with van der Waals surface area (Å²) >= 11 is 0. The van der Waals surface area contributed by atoms with Crippen molar-refractivity contribution in [2.45, 2.75) is 69.5 Å². The van der Waals surface area contributed by atoms with Crippen molar-refractivity contribution >= 4 is 12.2 Å². The first-order valence-electron chi connectivity index (χ1n) is 13.2. The number of hydrogen-bond acceptors (Lipinski definition) is 8. The third kappa shape index (κ3) is 9.81. The normalized spacial score (nSPS) is 16.8. The van der Waals surface area contributed by atoms with Crippen LogP contribution >= 0.6 is 0 Å². The van der Waals surface area contributed by atoms with Crippen LogP contribution in [0.2, 0.25) is 0 Å². The molecule has 10 nitrogen and oxygen atoms in total. The lowest BCUT2D eigenvalue weighted by molar-refractivity contribution is -0.278. The van der Waals surface area contributed by atoms with Crippen molar-refractivity contribution in [3.63, 3.8) is 0 Å². The molecule has 214 valence electrons. The lowest BCUT2D eigenvalue weighted by Gasteiger charge is -2.45. The van der Waals surface area contributed by atoms with Gasteiger partial charge in [-0.1, -0.05) is 60.7 Å². The molecule has 3 rings (SSSR count). The summed E-state index contributed by atoms with van der Waals surface area (Å²) in [6.07, 6.45) is -3.47. The van der Waals surface area contributed by atoms with Crippen LogP contribution in [0, 0.1) is 0 Å². The number of carbonyl (C=O) groups is 2. The van der Waals surface area contributed by atoms with Gasteiger partial charge in [0.2, 0.25) is 0 Å². The number of aliphatic hydroxyl groups excluding tert-OH is 2. The average Bonchev–Trinajstić information content (AvgIpc) is 2.84. The topological polar surface area (TPSA) is 143 Å². The largest absolute Gasteiger partial charge is 0.530 e. The lowest BCUT2D eigenvalue weighted by Crippen LogP contribution is -2.63. The summed E-state index contributed by atoms with van der Waals surface area (Å²) in [6, 6.07) is 16.9. The highest BCUT2D eigenvalue weighted by Gasteiger charge is 2.35. The number of aliphatic hydroxyl groups is 2. The first-order chi connectivity index (χ1) is 18.5. The van der Waals surface area contributed by atoms with Crippen molar-refractivity contribution in [2.75, 3.05) is 26.3 Å². The van der Waals surface area contributed by atoms with Crippen molar-refractivity contribution in [1.29, 1.82) is 0 Å². The van der Waals surface area contributed by atoms with Gasteiger partial charge >= 0.3 is 6.09 Å². The van der Waals surface area contributed by atoms with Crippen molar-refractivity contribution < 1.29 is 34.4 Å². The molecule has 1 saturated heterocycles. The Labute approximate surface area is 229 Å². The molecule has 0 unspecified atom stereocenters. The number of alkyl carbamates (subject to hydrolysis) is 1. The summed E-state index contributed by atoms with van der Waals surface area (Å²) in [5, 5.41) is 40.0. The Morgan fingerprint density at radius 2 is 1.51 bits per heavy atom. The zero-order valence-electron chi connectivity index (χ0n) is 22.8. The zero-order valence-corrected chi connectivity index (χ0v) is 22.8. The van der Waals surface area contributed by atoms with E-state index in [-0.39, 0.29) is 32.7 Å². The fraction of sp³-hybridized carbons (Fsp3) is 0.517. The van der Waals surface area contributed by atoms with Crippen LogP contribution < -0.4 is 15.7 Å². The Morgan fingerprint density at radius 1 is 0.974 bits per heavy atom. The predicted molar refractivity (Wildman–Crippen MR) is 144 cm³/mol. The van der Waals surface area contributed by atoms with E-state index in [0.29, 0.717) is 6.42 Å². The fourth-order valence-electron chi connectivity index (χ4n) is 4.48. The number of amides is 2. The first-order valence-corrected chi connectivity index (χ1v) is 13.2. The van der Waals surface area contributed by atoms with Gasteiger partial charge in [-0.2, -0.15) is 0 Å². The van der Waals surface area contributed by atoms with E-state index < -0.39 is 48.1 Å². The van der Waals surface area contributed by atoms with Gasteiger partial charge in [0.05, 0.1) is 43.5 Å². The molecule has 39 heavy (non-hydrogen) atoms. The molecule has 4 atom stereocenters. The van der Waals surface area contributed by atoms with Gasteiger partial charge in [0.15, 0.2) is 0 Å². The Bertz CT molecular complexity index is 1030. The van der Waals surface area contributed by atoms with E-state index in [1.807, 2.05) is 60.7 Å². The third-order valence-corrected chi connectivity index (χ3v) is 6.49. The van der Waals surface area contributed by atoms with E-state index in [2.05, 4.69) is 10.6 Å². The highest BCUT2D eigenvalue weighted by atomic mass is 16.6. The van der Waals surface area contributed by atoms with Crippen molar-refractivity contribution in [1.82, 2.24) is 15.5 Å². The maximum absolute atomic E-state index is 12.5. The van der Waals surface area contributed by atoms with Gasteiger partial charge in [-0.15, -0.1) is 0 Å². The van der Waals surface area contributed by atoms with Crippen LogP contribution in [0.4, 0.5) is 9.59 Å². The van der Waals surface area contributed by atoms with Crippen molar-refractivity contribution in [3.8, 4) is 0 Å². The minimum absolute atomic E-state index is 0.0103. The minimum atomic E-state index is -1.37. The number of hydrogen-bond donors (Lipinski definition) is 4. The smallest absolute Gasteiger partial charge is 0.407 e. The number of nitrogens with zero attached hydrogens (tertiary/aromatic N) is 1. The van der Waals surface area contributed by atoms with Gasteiger partial charge in [-0.25, -0.2) is 4.79 Å². The average molecular weight is 543 g/mol. The standard InChI is InChI=1S/C29H41N3O7/c1-29(2,3)39-27(35)31-23(14-20-10-6-4-7-11-20)25(33)16-30-17-26(34)24(15-21-12-8-5-9-13-21)32(28(36)37)22-18-38-19-22/h4-13,22-26,30,33-34H,14-19H2,1-3H3,(H,31,35)(H,36,37)/p-1/t23-,24-,25+,26+/m0/s1. The lowest BCUT2D eigenvalue weighted by atomic mass is 9.97. The molecule has 0 saturated carbocycles. The van der Waals surface area contributed by atoms with E-state index in [9.17, 15) is 24.9 Å². The molecule has 2 aromatic rings. The van der Waals surface area contributed by atoms with E-state index in [1.165, 1.54) is 4.90 Å². The maximum atomic E-state index is 12.5. The van der Waals surface area contributed by atoms with Gasteiger partial charge < -0.3 is 45.1 Å². The van der Waals surface area contributed by atoms with Gasteiger partial charge in [0.25, 0.3) is 0 Å². The van der Waals surface area contributed by atoms with E-state index >= 15 is 0 Å². The molecule has 1 aliphatic rings. The molecule has 1 heterocycles. The van der Waals surface area contributed by atoms with Crippen LogP contribution in [0.5, 0.6) is 0 Å². The Hall–Kier alpha value is -3.18. The summed E-state index contributed by atoms with van der Waals surface area (Å²) in [6.45, 7) is 5.82. The van der Waals surface area contributed by atoms with Gasteiger partial charge in [-0.3, -0.25) is 0 Å². The molecule has 10 heteroatoms. The molecule has 2 amide bonds. The number of benzene rings is 2. The number of rotatable bonds is 13. The summed E-state index contributed by atoms with van der Waals surface area (Å²) in [5.41, 5.74) is 1.10. The molecule has 0 radical (unpaired) electrons. The fourth-order valence-corrected chi connectivity index (χ4v) is 4.48. The first kappa shape index (κ1) is 30.4. The van der Waals surface area contributed by atoms with Gasteiger partial charge in [0.1, 0.15) is 11.7 Å². The minimum Gasteiger partial charge on any atom is -0.530 e. The molecule has 0 spiro atoms. The number of nitrogens with one attached hydrogen (secondary N) is 2. The molecule has 0 bridgehead atoms. The van der Waals surface area contributed by atoms with Crippen molar-refractivity contribution in [2.24, 2.45) is 0 Å². The van der Waals surface area contributed by atoms with E-state index in [0.717, 1.165) is 11.1 Å². The predicted octanol–water partition coefficient (Wildman–Crippen LogP) is 1.09.